The van der Waals surface area contributed by atoms with Gasteiger partial charge in [-0.05, 0) is 6.92 Å². The van der Waals surface area contributed by atoms with Crippen molar-refractivity contribution in [1.82, 2.24) is 15.0 Å². The molecule has 1 unspecified atom stereocenters. The molecule has 0 aliphatic rings. The van der Waals surface area contributed by atoms with Crippen LogP contribution in [0.25, 0.3) is 10.6 Å². The number of nitrogens with zero attached hydrogens (tertiary/aromatic N) is 3. The highest BCUT2D eigenvalue weighted by atomic mass is 32.1. The Morgan fingerprint density at radius 1 is 1.29 bits per heavy atom. The molecular weight excluding hydrogens is 198 g/mol. The third kappa shape index (κ3) is 1.78. The summed E-state index contributed by atoms with van der Waals surface area (Å²) in [6.45, 7) is 1.72. The minimum Gasteiger partial charge on any atom is -0.388 e. The molecule has 14 heavy (non-hydrogen) atoms. The van der Waals surface area contributed by atoms with Crippen LogP contribution in [0.1, 0.15) is 17.9 Å². The Bertz CT molecular complexity index is 413. The Balaban J connectivity index is 2.34. The average molecular weight is 207 g/mol. The Labute approximate surface area is 85.3 Å². The minimum atomic E-state index is -0.467. The predicted octanol–water partition coefficient (Wildman–Crippen LogP) is 1.65. The summed E-state index contributed by atoms with van der Waals surface area (Å²) in [6, 6.07) is 0. The molecule has 0 aliphatic heterocycles. The van der Waals surface area contributed by atoms with Gasteiger partial charge in [0.1, 0.15) is 11.3 Å². The van der Waals surface area contributed by atoms with Gasteiger partial charge in [0.05, 0.1) is 11.0 Å². The average Bonchev–Trinajstić information content (AvgIpc) is 2.68. The van der Waals surface area contributed by atoms with E-state index in [4.69, 9.17) is 0 Å². The van der Waals surface area contributed by atoms with Crippen molar-refractivity contribution in [1.29, 1.82) is 0 Å². The summed E-state index contributed by atoms with van der Waals surface area (Å²) in [6.07, 6.45) is 6.10. The van der Waals surface area contributed by atoms with Crippen molar-refractivity contribution in [2.75, 3.05) is 0 Å². The first-order valence-corrected chi connectivity index (χ1v) is 4.98. The number of thiazole rings is 1. The normalized spacial score (nSPS) is 12.7. The maximum absolute atomic E-state index is 9.32. The molecule has 4 nitrogen and oxygen atoms in total. The lowest BCUT2D eigenvalue weighted by Gasteiger charge is -1.95. The predicted molar refractivity (Wildman–Crippen MR) is 53.8 cm³/mol. The van der Waals surface area contributed by atoms with Crippen LogP contribution in [0.5, 0.6) is 0 Å². The Morgan fingerprint density at radius 2 is 2.00 bits per heavy atom. The van der Waals surface area contributed by atoms with E-state index in [-0.39, 0.29) is 0 Å². The molecule has 2 aromatic heterocycles. The first kappa shape index (κ1) is 9.23. The van der Waals surface area contributed by atoms with Crippen molar-refractivity contribution in [2.24, 2.45) is 0 Å². The van der Waals surface area contributed by atoms with Crippen molar-refractivity contribution >= 4 is 11.3 Å². The number of aliphatic hydroxyl groups is 1. The molecule has 0 saturated heterocycles. The summed E-state index contributed by atoms with van der Waals surface area (Å²) in [5.74, 6) is 0. The Hall–Kier alpha value is -1.33. The quantitative estimate of drug-likeness (QED) is 0.813. The lowest BCUT2D eigenvalue weighted by Crippen LogP contribution is -1.83. The summed E-state index contributed by atoms with van der Waals surface area (Å²) in [5, 5.41) is 10.2. The van der Waals surface area contributed by atoms with Gasteiger partial charge in [-0.15, -0.1) is 11.3 Å². The van der Waals surface area contributed by atoms with E-state index in [9.17, 15) is 5.11 Å². The van der Waals surface area contributed by atoms with Gasteiger partial charge in [0.2, 0.25) is 0 Å². The molecule has 0 fully saturated rings. The lowest BCUT2D eigenvalue weighted by molar-refractivity contribution is 0.203. The van der Waals surface area contributed by atoms with E-state index in [1.165, 1.54) is 17.7 Å². The van der Waals surface area contributed by atoms with E-state index in [0.29, 0.717) is 0 Å². The molecule has 1 N–H and O–H groups in total. The van der Waals surface area contributed by atoms with Crippen molar-refractivity contribution in [3.63, 3.8) is 0 Å². The molecular formula is C9H9N3OS. The van der Waals surface area contributed by atoms with Gasteiger partial charge >= 0.3 is 0 Å². The van der Waals surface area contributed by atoms with Crippen LogP contribution in [0.4, 0.5) is 0 Å². The molecule has 72 valence electrons. The second kappa shape index (κ2) is 3.81. The first-order chi connectivity index (χ1) is 6.77. The number of rotatable bonds is 2. The van der Waals surface area contributed by atoms with E-state index >= 15 is 0 Å². The van der Waals surface area contributed by atoms with Crippen molar-refractivity contribution in [3.8, 4) is 10.6 Å². The van der Waals surface area contributed by atoms with Crippen LogP contribution in [0.3, 0.4) is 0 Å². The third-order valence-corrected chi connectivity index (χ3v) is 2.96. The van der Waals surface area contributed by atoms with E-state index in [2.05, 4.69) is 15.0 Å². The monoisotopic (exact) mass is 207 g/mol. The highest BCUT2D eigenvalue weighted by molar-refractivity contribution is 7.15. The molecule has 0 aliphatic carbocycles. The van der Waals surface area contributed by atoms with Crippen LogP contribution in [0, 0.1) is 0 Å². The zero-order valence-electron chi connectivity index (χ0n) is 7.58. The molecule has 1 atom stereocenters. The zero-order valence-corrected chi connectivity index (χ0v) is 8.40. The first-order valence-electron chi connectivity index (χ1n) is 4.16. The van der Waals surface area contributed by atoms with Crippen LogP contribution in [-0.2, 0) is 0 Å². The molecule has 0 spiro atoms. The van der Waals surface area contributed by atoms with Gasteiger partial charge < -0.3 is 5.11 Å². The zero-order chi connectivity index (χ0) is 9.97. The van der Waals surface area contributed by atoms with Crippen LogP contribution in [-0.4, -0.2) is 20.1 Å². The molecule has 5 heteroatoms. The molecule has 0 bridgehead atoms. The third-order valence-electron chi connectivity index (χ3n) is 1.74. The van der Waals surface area contributed by atoms with Gasteiger partial charge in [0.15, 0.2) is 0 Å². The highest BCUT2D eigenvalue weighted by Crippen LogP contribution is 2.27. The van der Waals surface area contributed by atoms with Gasteiger partial charge in [-0.2, -0.15) is 0 Å². The fourth-order valence-corrected chi connectivity index (χ4v) is 1.85. The maximum atomic E-state index is 9.32. The molecule has 0 amide bonds. The molecule has 0 saturated carbocycles. The molecule has 2 rings (SSSR count). The Morgan fingerprint density at radius 3 is 2.57 bits per heavy atom. The summed E-state index contributed by atoms with van der Waals surface area (Å²) in [7, 11) is 0. The summed E-state index contributed by atoms with van der Waals surface area (Å²) >= 11 is 1.45. The van der Waals surface area contributed by atoms with Gasteiger partial charge in [0.25, 0.3) is 0 Å². The van der Waals surface area contributed by atoms with Crippen LogP contribution in [0.15, 0.2) is 24.9 Å². The van der Waals surface area contributed by atoms with Crippen molar-refractivity contribution < 1.29 is 5.11 Å². The van der Waals surface area contributed by atoms with Gasteiger partial charge in [0, 0.05) is 24.2 Å². The largest absolute Gasteiger partial charge is 0.388 e. The van der Waals surface area contributed by atoms with E-state index in [0.717, 1.165) is 15.4 Å². The second-order valence-corrected chi connectivity index (χ2v) is 3.93. The van der Waals surface area contributed by atoms with Gasteiger partial charge in [-0.3, -0.25) is 0 Å². The number of aromatic nitrogens is 3. The van der Waals surface area contributed by atoms with Crippen LogP contribution < -0.4 is 0 Å². The maximum Gasteiger partial charge on any atom is 0.126 e. The summed E-state index contributed by atoms with van der Waals surface area (Å²) in [4.78, 5) is 12.9. The minimum absolute atomic E-state index is 0.467. The molecule has 2 aromatic rings. The molecule has 0 aromatic carbocycles. The van der Waals surface area contributed by atoms with E-state index < -0.39 is 6.10 Å². The number of hydrogen-bond acceptors (Lipinski definition) is 5. The van der Waals surface area contributed by atoms with E-state index in [1.807, 2.05) is 0 Å². The van der Waals surface area contributed by atoms with Crippen molar-refractivity contribution in [3.05, 3.63) is 29.8 Å². The van der Waals surface area contributed by atoms with E-state index in [1.54, 1.807) is 25.5 Å². The topological polar surface area (TPSA) is 58.9 Å². The molecule has 0 radical (unpaired) electrons. The fraction of sp³-hybridized carbons (Fsp3) is 0.222. The van der Waals surface area contributed by atoms with Crippen molar-refractivity contribution in [2.45, 2.75) is 13.0 Å². The lowest BCUT2D eigenvalue weighted by atomic mass is 10.3. The summed E-state index contributed by atoms with van der Waals surface area (Å²) in [5.41, 5.74) is 0.879. The van der Waals surface area contributed by atoms with Gasteiger partial charge in [-0.1, -0.05) is 0 Å². The summed E-state index contributed by atoms with van der Waals surface area (Å²) < 4.78 is 0. The smallest absolute Gasteiger partial charge is 0.126 e. The standard InChI is InChI=1S/C9H9N3OS/c1-6(13)8-4-12-9(14-8)7-2-10-5-11-3-7/h2-6,13H,1H3. The van der Waals surface area contributed by atoms with Gasteiger partial charge in [-0.25, -0.2) is 15.0 Å². The second-order valence-electron chi connectivity index (χ2n) is 2.87. The number of aliphatic hydroxyl groups excluding tert-OH is 1. The highest BCUT2D eigenvalue weighted by Gasteiger charge is 2.08. The molecule has 2 heterocycles. The SMILES string of the molecule is CC(O)c1cnc(-c2cncnc2)s1. The fourth-order valence-electron chi connectivity index (χ4n) is 1.02. The number of hydrogen-bond donors (Lipinski definition) is 1. The Kier molecular flexibility index (Phi) is 2.51. The van der Waals surface area contributed by atoms with Crippen LogP contribution in [0.2, 0.25) is 0 Å². The van der Waals surface area contributed by atoms with Crippen LogP contribution >= 0.6 is 11.3 Å².